The average Bonchev–Trinajstić information content (AvgIpc) is 2.90. The average molecular weight is 346 g/mol. The number of rotatable bonds is 7. The molecule has 0 bridgehead atoms. The van der Waals surface area contributed by atoms with Crippen LogP contribution in [0.2, 0.25) is 0 Å². The molecule has 0 spiro atoms. The molecule has 1 aromatic heterocycles. The van der Waals surface area contributed by atoms with Crippen LogP contribution in [0.25, 0.3) is 10.9 Å². The molecular weight excluding hydrogens is 320 g/mol. The maximum Gasteiger partial charge on any atom is 0.273 e. The Kier molecular flexibility index (Phi) is 5.79. The van der Waals surface area contributed by atoms with Gasteiger partial charge in [-0.25, -0.2) is 0 Å². The van der Waals surface area contributed by atoms with Gasteiger partial charge in [-0.15, -0.1) is 0 Å². The van der Waals surface area contributed by atoms with Crippen LogP contribution in [-0.2, 0) is 11.3 Å². The first-order valence-corrected chi connectivity index (χ1v) is 8.42. The Labute approximate surface area is 147 Å². The molecule has 25 heavy (non-hydrogen) atoms. The van der Waals surface area contributed by atoms with E-state index >= 15 is 0 Å². The number of benzene rings is 1. The summed E-state index contributed by atoms with van der Waals surface area (Å²) in [4.78, 5) is 24.4. The van der Waals surface area contributed by atoms with Crippen molar-refractivity contribution in [3.8, 4) is 0 Å². The molecule has 2 rings (SSSR count). The number of aromatic nitrogens is 2. The Morgan fingerprint density at radius 2 is 1.96 bits per heavy atom. The topological polar surface area (TPSA) is 110 Å². The number of aliphatic hydroxyl groups is 1. The summed E-state index contributed by atoms with van der Waals surface area (Å²) >= 11 is 0. The van der Waals surface area contributed by atoms with E-state index in [-0.39, 0.29) is 12.3 Å². The van der Waals surface area contributed by atoms with Crippen LogP contribution in [0.3, 0.4) is 0 Å². The van der Waals surface area contributed by atoms with Gasteiger partial charge in [0.15, 0.2) is 5.69 Å². The SMILES string of the molecule is CC(C)(C)C(NC(=O)c1nn(CCCCO)c2ccccc12)C(N)=O. The summed E-state index contributed by atoms with van der Waals surface area (Å²) in [5, 5.41) is 16.8. The van der Waals surface area contributed by atoms with E-state index in [1.54, 1.807) is 4.68 Å². The second-order valence-electron chi connectivity index (χ2n) is 7.19. The second kappa shape index (κ2) is 7.65. The van der Waals surface area contributed by atoms with Gasteiger partial charge in [0.05, 0.1) is 5.52 Å². The first-order chi connectivity index (χ1) is 11.8. The van der Waals surface area contributed by atoms with Gasteiger partial charge in [-0.1, -0.05) is 39.0 Å². The Morgan fingerprint density at radius 3 is 2.56 bits per heavy atom. The van der Waals surface area contributed by atoms with Gasteiger partial charge >= 0.3 is 0 Å². The highest BCUT2D eigenvalue weighted by atomic mass is 16.3. The van der Waals surface area contributed by atoms with Crippen LogP contribution < -0.4 is 11.1 Å². The number of nitrogens with zero attached hydrogens (tertiary/aromatic N) is 2. The molecule has 7 heteroatoms. The zero-order chi connectivity index (χ0) is 18.6. The molecule has 0 aliphatic carbocycles. The number of hydrogen-bond donors (Lipinski definition) is 3. The summed E-state index contributed by atoms with van der Waals surface area (Å²) in [7, 11) is 0. The fraction of sp³-hybridized carbons (Fsp3) is 0.500. The number of aryl methyl sites for hydroxylation is 1. The molecule has 0 fully saturated rings. The van der Waals surface area contributed by atoms with Gasteiger partial charge < -0.3 is 16.2 Å². The summed E-state index contributed by atoms with van der Waals surface area (Å²) in [6, 6.07) is 6.66. The molecule has 0 saturated carbocycles. The van der Waals surface area contributed by atoms with Crippen molar-refractivity contribution in [3.63, 3.8) is 0 Å². The van der Waals surface area contributed by atoms with E-state index in [1.807, 2.05) is 45.0 Å². The lowest BCUT2D eigenvalue weighted by atomic mass is 9.86. The minimum absolute atomic E-state index is 0.123. The maximum atomic E-state index is 12.7. The third kappa shape index (κ3) is 4.36. The van der Waals surface area contributed by atoms with Gasteiger partial charge in [0.25, 0.3) is 5.91 Å². The fourth-order valence-corrected chi connectivity index (χ4v) is 2.75. The second-order valence-corrected chi connectivity index (χ2v) is 7.19. The molecule has 1 heterocycles. The first-order valence-electron chi connectivity index (χ1n) is 8.42. The van der Waals surface area contributed by atoms with Gasteiger partial charge in [-0.2, -0.15) is 5.10 Å². The van der Waals surface area contributed by atoms with Crippen LogP contribution >= 0.6 is 0 Å². The van der Waals surface area contributed by atoms with Crippen LogP contribution in [0, 0.1) is 5.41 Å². The van der Waals surface area contributed by atoms with Crippen LogP contribution in [-0.4, -0.2) is 39.4 Å². The quantitative estimate of drug-likeness (QED) is 0.659. The number of carbonyl (C=O) groups excluding carboxylic acids is 2. The number of unbranched alkanes of at least 4 members (excludes halogenated alkanes) is 1. The summed E-state index contributed by atoms with van der Waals surface area (Å²) in [6.07, 6.45) is 1.43. The molecule has 1 aromatic carbocycles. The maximum absolute atomic E-state index is 12.7. The number of amides is 2. The molecular formula is C18H26N4O3. The van der Waals surface area contributed by atoms with Crippen molar-refractivity contribution in [1.82, 2.24) is 15.1 Å². The van der Waals surface area contributed by atoms with Crippen LogP contribution in [0.1, 0.15) is 44.1 Å². The number of fused-ring (bicyclic) bond motifs is 1. The lowest BCUT2D eigenvalue weighted by Gasteiger charge is -2.28. The van der Waals surface area contributed by atoms with E-state index in [2.05, 4.69) is 10.4 Å². The summed E-state index contributed by atoms with van der Waals surface area (Å²) < 4.78 is 1.76. The van der Waals surface area contributed by atoms with Gasteiger partial charge in [0.1, 0.15) is 6.04 Å². The largest absolute Gasteiger partial charge is 0.396 e. The van der Waals surface area contributed by atoms with Crippen molar-refractivity contribution < 1.29 is 14.7 Å². The van der Waals surface area contributed by atoms with Crippen molar-refractivity contribution in [2.45, 2.75) is 46.2 Å². The Morgan fingerprint density at radius 1 is 1.28 bits per heavy atom. The summed E-state index contributed by atoms with van der Waals surface area (Å²) in [5.41, 5.74) is 6.06. The molecule has 0 saturated heterocycles. The van der Waals surface area contributed by atoms with Gasteiger partial charge in [-0.05, 0) is 24.3 Å². The van der Waals surface area contributed by atoms with Crippen LogP contribution in [0.4, 0.5) is 0 Å². The van der Waals surface area contributed by atoms with Crippen LogP contribution in [0.15, 0.2) is 24.3 Å². The highest BCUT2D eigenvalue weighted by Crippen LogP contribution is 2.22. The third-order valence-electron chi connectivity index (χ3n) is 4.08. The number of aliphatic hydroxyl groups excluding tert-OH is 1. The lowest BCUT2D eigenvalue weighted by Crippen LogP contribution is -2.52. The summed E-state index contributed by atoms with van der Waals surface area (Å²) in [6.45, 7) is 6.25. The minimum atomic E-state index is -0.793. The van der Waals surface area contributed by atoms with Crippen molar-refractivity contribution in [2.75, 3.05) is 6.61 Å². The molecule has 1 unspecified atom stereocenters. The van der Waals surface area contributed by atoms with Gasteiger partial charge in [0.2, 0.25) is 5.91 Å². The monoisotopic (exact) mass is 346 g/mol. The van der Waals surface area contributed by atoms with E-state index in [1.165, 1.54) is 0 Å². The predicted octanol–water partition coefficient (Wildman–Crippen LogP) is 1.44. The zero-order valence-electron chi connectivity index (χ0n) is 15.0. The lowest BCUT2D eigenvalue weighted by molar-refractivity contribution is -0.122. The molecule has 7 nitrogen and oxygen atoms in total. The van der Waals surface area contributed by atoms with Crippen LogP contribution in [0.5, 0.6) is 0 Å². The summed E-state index contributed by atoms with van der Waals surface area (Å²) in [5.74, 6) is -0.997. The number of carbonyl (C=O) groups is 2. The molecule has 1 atom stereocenters. The predicted molar refractivity (Wildman–Crippen MR) is 96.0 cm³/mol. The standard InChI is InChI=1S/C18H26N4O3/c1-18(2,3)15(16(19)24)20-17(25)14-12-8-4-5-9-13(12)22(21-14)10-6-7-11-23/h4-5,8-9,15,23H,6-7,10-11H2,1-3H3,(H2,19,24)(H,20,25). The van der Waals surface area contributed by atoms with Crippen molar-refractivity contribution in [3.05, 3.63) is 30.0 Å². The van der Waals surface area contributed by atoms with Crippen molar-refractivity contribution in [1.29, 1.82) is 0 Å². The van der Waals surface area contributed by atoms with E-state index in [9.17, 15) is 9.59 Å². The first kappa shape index (κ1) is 18.9. The van der Waals surface area contributed by atoms with Crippen molar-refractivity contribution in [2.24, 2.45) is 11.1 Å². The molecule has 2 amide bonds. The molecule has 136 valence electrons. The fourth-order valence-electron chi connectivity index (χ4n) is 2.75. The number of nitrogens with two attached hydrogens (primary N) is 1. The molecule has 0 aliphatic rings. The number of primary amides is 1. The highest BCUT2D eigenvalue weighted by Gasteiger charge is 2.32. The van der Waals surface area contributed by atoms with Crippen molar-refractivity contribution >= 4 is 22.7 Å². The number of nitrogens with one attached hydrogen (secondary N) is 1. The van der Waals surface area contributed by atoms with Gasteiger partial charge in [-0.3, -0.25) is 14.3 Å². The normalized spacial score (nSPS) is 13.0. The van der Waals surface area contributed by atoms with E-state index in [4.69, 9.17) is 10.8 Å². The third-order valence-corrected chi connectivity index (χ3v) is 4.08. The van der Waals surface area contributed by atoms with Gasteiger partial charge in [0, 0.05) is 18.5 Å². The Bertz CT molecular complexity index is 761. The minimum Gasteiger partial charge on any atom is -0.396 e. The zero-order valence-corrected chi connectivity index (χ0v) is 15.0. The Balaban J connectivity index is 2.33. The van der Waals surface area contributed by atoms with E-state index in [0.29, 0.717) is 13.0 Å². The molecule has 4 N–H and O–H groups in total. The number of hydrogen-bond acceptors (Lipinski definition) is 4. The smallest absolute Gasteiger partial charge is 0.273 e. The molecule has 0 radical (unpaired) electrons. The highest BCUT2D eigenvalue weighted by molar-refractivity contribution is 6.06. The van der Waals surface area contributed by atoms with E-state index < -0.39 is 23.3 Å². The number of para-hydroxylation sites is 1. The van der Waals surface area contributed by atoms with E-state index in [0.717, 1.165) is 17.3 Å². The molecule has 0 aliphatic heterocycles. The Hall–Kier alpha value is -2.41. The molecule has 2 aromatic rings.